The molecule has 24 heavy (non-hydrogen) atoms. The fourth-order valence-electron chi connectivity index (χ4n) is 2.16. The van der Waals surface area contributed by atoms with E-state index in [1.165, 1.54) is 12.1 Å². The van der Waals surface area contributed by atoms with Crippen LogP contribution in [0.25, 0.3) is 0 Å². The molecule has 0 aliphatic carbocycles. The van der Waals surface area contributed by atoms with E-state index in [-0.39, 0.29) is 11.7 Å². The first-order valence-electron chi connectivity index (χ1n) is 7.92. The summed E-state index contributed by atoms with van der Waals surface area (Å²) in [6, 6.07) is 9.81. The van der Waals surface area contributed by atoms with Crippen LogP contribution in [0.1, 0.15) is 22.5 Å². The third kappa shape index (κ3) is 5.96. The average molecular weight is 330 g/mol. The molecule has 1 amide bonds. The average Bonchev–Trinajstić information content (AvgIpc) is 2.58. The summed E-state index contributed by atoms with van der Waals surface area (Å²) in [5.74, 6) is -0.435. The fraction of sp³-hybridized carbons (Fsp3) is 0.333. The molecule has 0 atom stereocenters. The van der Waals surface area contributed by atoms with E-state index in [1.54, 1.807) is 30.5 Å². The number of rotatable bonds is 8. The highest BCUT2D eigenvalue weighted by atomic mass is 19.1. The number of carbonyl (C=O) groups excluding carboxylic acids is 1. The van der Waals surface area contributed by atoms with Crippen molar-refractivity contribution in [2.24, 2.45) is 0 Å². The maximum atomic E-state index is 12.9. The lowest BCUT2D eigenvalue weighted by molar-refractivity contribution is 0.0947. The molecule has 2 N–H and O–H groups in total. The van der Waals surface area contributed by atoms with Crippen LogP contribution in [0.3, 0.4) is 0 Å². The molecule has 128 valence electrons. The second-order valence-corrected chi connectivity index (χ2v) is 5.82. The first-order chi connectivity index (χ1) is 11.5. The van der Waals surface area contributed by atoms with Crippen molar-refractivity contribution in [3.63, 3.8) is 0 Å². The molecule has 1 heterocycles. The minimum atomic E-state index is -0.254. The number of nitrogens with zero attached hydrogens (tertiary/aromatic N) is 2. The van der Waals surface area contributed by atoms with Gasteiger partial charge in [-0.1, -0.05) is 12.1 Å². The summed E-state index contributed by atoms with van der Waals surface area (Å²) in [5, 5.41) is 6.07. The Bertz CT molecular complexity index is 658. The summed E-state index contributed by atoms with van der Waals surface area (Å²) >= 11 is 0. The van der Waals surface area contributed by atoms with Gasteiger partial charge in [0.2, 0.25) is 0 Å². The van der Waals surface area contributed by atoms with E-state index in [2.05, 4.69) is 20.5 Å². The SMILES string of the molecule is CN(C)CCCNC(=O)c1cc(NCc2ccc(F)cc2)ccn1. The Labute approximate surface area is 141 Å². The highest BCUT2D eigenvalue weighted by Crippen LogP contribution is 2.11. The Morgan fingerprint density at radius 1 is 1.21 bits per heavy atom. The van der Waals surface area contributed by atoms with Crippen molar-refractivity contribution in [2.45, 2.75) is 13.0 Å². The van der Waals surface area contributed by atoms with Crippen LogP contribution in [0.2, 0.25) is 0 Å². The van der Waals surface area contributed by atoms with Gasteiger partial charge in [0.05, 0.1) is 0 Å². The predicted molar refractivity (Wildman–Crippen MR) is 93.5 cm³/mol. The number of carbonyl (C=O) groups is 1. The molecule has 0 bridgehead atoms. The lowest BCUT2D eigenvalue weighted by Gasteiger charge is -2.10. The number of hydrogen-bond donors (Lipinski definition) is 2. The summed E-state index contributed by atoms with van der Waals surface area (Å²) in [5.41, 5.74) is 2.14. The lowest BCUT2D eigenvalue weighted by atomic mass is 10.2. The van der Waals surface area contributed by atoms with Crippen LogP contribution >= 0.6 is 0 Å². The first kappa shape index (κ1) is 17.9. The van der Waals surface area contributed by atoms with E-state index < -0.39 is 0 Å². The predicted octanol–water partition coefficient (Wildman–Crippen LogP) is 2.51. The smallest absolute Gasteiger partial charge is 0.269 e. The van der Waals surface area contributed by atoms with E-state index >= 15 is 0 Å². The molecule has 2 aromatic rings. The number of benzene rings is 1. The summed E-state index contributed by atoms with van der Waals surface area (Å²) in [4.78, 5) is 18.3. The number of pyridine rings is 1. The summed E-state index contributed by atoms with van der Waals surface area (Å²) in [6.07, 6.45) is 2.49. The van der Waals surface area contributed by atoms with Crippen molar-refractivity contribution < 1.29 is 9.18 Å². The zero-order valence-electron chi connectivity index (χ0n) is 14.1. The van der Waals surface area contributed by atoms with Crippen LogP contribution in [-0.2, 0) is 6.54 Å². The largest absolute Gasteiger partial charge is 0.381 e. The molecule has 0 radical (unpaired) electrons. The quantitative estimate of drug-likeness (QED) is 0.730. The second-order valence-electron chi connectivity index (χ2n) is 5.82. The number of amides is 1. The maximum absolute atomic E-state index is 12.9. The molecule has 2 rings (SSSR count). The van der Waals surface area contributed by atoms with Crippen molar-refractivity contribution in [2.75, 3.05) is 32.5 Å². The molecule has 1 aromatic carbocycles. The molecule has 0 aliphatic heterocycles. The van der Waals surface area contributed by atoms with Gasteiger partial charge in [0.25, 0.3) is 5.91 Å². The molecule has 0 saturated heterocycles. The van der Waals surface area contributed by atoms with Crippen molar-refractivity contribution in [3.8, 4) is 0 Å². The monoisotopic (exact) mass is 330 g/mol. The second kappa shape index (κ2) is 8.98. The highest BCUT2D eigenvalue weighted by molar-refractivity contribution is 5.93. The normalized spacial score (nSPS) is 10.7. The molecule has 1 aromatic heterocycles. The van der Waals surface area contributed by atoms with Crippen LogP contribution in [0.4, 0.5) is 10.1 Å². The third-order valence-electron chi connectivity index (χ3n) is 3.47. The van der Waals surface area contributed by atoms with Gasteiger partial charge >= 0.3 is 0 Å². The zero-order chi connectivity index (χ0) is 17.4. The van der Waals surface area contributed by atoms with Crippen molar-refractivity contribution in [1.29, 1.82) is 0 Å². The van der Waals surface area contributed by atoms with Gasteiger partial charge in [-0.15, -0.1) is 0 Å². The molecule has 5 nitrogen and oxygen atoms in total. The molecule has 0 aliphatic rings. The van der Waals surface area contributed by atoms with E-state index in [0.29, 0.717) is 18.8 Å². The summed E-state index contributed by atoms with van der Waals surface area (Å²) < 4.78 is 12.9. The number of hydrogen-bond acceptors (Lipinski definition) is 4. The Balaban J connectivity index is 1.86. The van der Waals surface area contributed by atoms with E-state index in [1.807, 2.05) is 14.1 Å². The molecule has 0 spiro atoms. The standard InChI is InChI=1S/C18H23FN4O/c1-23(2)11-3-9-21-18(24)17-12-16(8-10-20-17)22-13-14-4-6-15(19)7-5-14/h4-8,10,12H,3,9,11,13H2,1-2H3,(H,20,22)(H,21,24). The highest BCUT2D eigenvalue weighted by Gasteiger charge is 2.07. The zero-order valence-corrected chi connectivity index (χ0v) is 14.1. The van der Waals surface area contributed by atoms with Crippen LogP contribution in [0.5, 0.6) is 0 Å². The molecular weight excluding hydrogens is 307 g/mol. The van der Waals surface area contributed by atoms with Gasteiger partial charge in [0.1, 0.15) is 11.5 Å². The molecule has 0 fully saturated rings. The van der Waals surface area contributed by atoms with Crippen LogP contribution in [0.15, 0.2) is 42.6 Å². The minimum Gasteiger partial charge on any atom is -0.381 e. The number of nitrogens with one attached hydrogen (secondary N) is 2. The molecular formula is C18H23FN4O. The fourth-order valence-corrected chi connectivity index (χ4v) is 2.16. The van der Waals surface area contributed by atoms with Crippen molar-refractivity contribution in [3.05, 3.63) is 59.7 Å². The molecule has 6 heteroatoms. The van der Waals surface area contributed by atoms with Crippen molar-refractivity contribution in [1.82, 2.24) is 15.2 Å². The van der Waals surface area contributed by atoms with Gasteiger partial charge in [-0.25, -0.2) is 4.39 Å². The number of aromatic nitrogens is 1. The van der Waals surface area contributed by atoms with E-state index in [4.69, 9.17) is 0 Å². The Kier molecular flexibility index (Phi) is 6.69. The summed E-state index contributed by atoms with van der Waals surface area (Å²) in [7, 11) is 4.00. The maximum Gasteiger partial charge on any atom is 0.269 e. The van der Waals surface area contributed by atoms with Gasteiger partial charge in [0.15, 0.2) is 0 Å². The van der Waals surface area contributed by atoms with Crippen molar-refractivity contribution >= 4 is 11.6 Å². The van der Waals surface area contributed by atoms with Crippen LogP contribution in [-0.4, -0.2) is 43.0 Å². The van der Waals surface area contributed by atoms with Crippen LogP contribution < -0.4 is 10.6 Å². The van der Waals surface area contributed by atoms with Gasteiger partial charge in [-0.05, 0) is 56.9 Å². The lowest BCUT2D eigenvalue weighted by Crippen LogP contribution is -2.27. The minimum absolute atomic E-state index is 0.181. The number of anilines is 1. The first-order valence-corrected chi connectivity index (χ1v) is 7.92. The van der Waals surface area contributed by atoms with Crippen LogP contribution in [0, 0.1) is 5.82 Å². The molecule has 0 unspecified atom stereocenters. The summed E-state index contributed by atoms with van der Waals surface area (Å²) in [6.45, 7) is 2.09. The Morgan fingerprint density at radius 3 is 2.67 bits per heavy atom. The number of halogens is 1. The van der Waals surface area contributed by atoms with E-state index in [0.717, 1.165) is 24.2 Å². The van der Waals surface area contributed by atoms with Gasteiger partial charge in [-0.3, -0.25) is 9.78 Å². The van der Waals surface area contributed by atoms with Gasteiger partial charge in [0, 0.05) is 25.0 Å². The molecule has 0 saturated carbocycles. The third-order valence-corrected chi connectivity index (χ3v) is 3.47. The topological polar surface area (TPSA) is 57.3 Å². The van der Waals surface area contributed by atoms with E-state index in [9.17, 15) is 9.18 Å². The van der Waals surface area contributed by atoms with Gasteiger partial charge < -0.3 is 15.5 Å². The Morgan fingerprint density at radius 2 is 1.96 bits per heavy atom. The van der Waals surface area contributed by atoms with Gasteiger partial charge in [-0.2, -0.15) is 0 Å². The Hall–Kier alpha value is -2.47.